The van der Waals surface area contributed by atoms with E-state index in [4.69, 9.17) is 14.5 Å². The highest BCUT2D eigenvalue weighted by Gasteiger charge is 2.24. The van der Waals surface area contributed by atoms with Crippen molar-refractivity contribution in [1.29, 1.82) is 0 Å². The molecule has 1 amide bonds. The molecule has 0 atom stereocenters. The van der Waals surface area contributed by atoms with E-state index in [0.717, 1.165) is 15.8 Å². The van der Waals surface area contributed by atoms with E-state index in [1.54, 1.807) is 19.1 Å². The first-order valence-electron chi connectivity index (χ1n) is 9.54. The lowest BCUT2D eigenvalue weighted by Gasteiger charge is -2.20. The van der Waals surface area contributed by atoms with Crippen LogP contribution in [0.2, 0.25) is 0 Å². The van der Waals surface area contributed by atoms with Gasteiger partial charge in [-0.3, -0.25) is 9.69 Å². The standard InChI is InChI=1S/C24H22N2O3S/c1-16-8-7-11-18(14-16)23(27)26(15-17-9-5-4-6-10-17)24-25-21-19(28-2)12-13-20(29-3)22(21)30-24/h4-14H,15H2,1-3H3. The molecule has 0 aliphatic rings. The second-order valence-corrected chi connectivity index (χ2v) is 7.87. The number of nitrogens with zero attached hydrogens (tertiary/aromatic N) is 2. The van der Waals surface area contributed by atoms with Crippen LogP contribution in [0.3, 0.4) is 0 Å². The Labute approximate surface area is 179 Å². The van der Waals surface area contributed by atoms with Gasteiger partial charge in [-0.25, -0.2) is 4.98 Å². The lowest BCUT2D eigenvalue weighted by atomic mass is 10.1. The lowest BCUT2D eigenvalue weighted by Crippen LogP contribution is -2.30. The Hall–Kier alpha value is -3.38. The minimum Gasteiger partial charge on any atom is -0.495 e. The van der Waals surface area contributed by atoms with E-state index in [-0.39, 0.29) is 5.91 Å². The van der Waals surface area contributed by atoms with Gasteiger partial charge in [0.05, 0.1) is 20.8 Å². The Morgan fingerprint density at radius 2 is 1.70 bits per heavy atom. The predicted octanol–water partition coefficient (Wildman–Crippen LogP) is 5.47. The quantitative estimate of drug-likeness (QED) is 0.417. The highest BCUT2D eigenvalue weighted by Crippen LogP contribution is 2.40. The van der Waals surface area contributed by atoms with Crippen LogP contribution in [0.4, 0.5) is 5.13 Å². The van der Waals surface area contributed by atoms with Crippen LogP contribution in [0.1, 0.15) is 21.5 Å². The van der Waals surface area contributed by atoms with Gasteiger partial charge in [0.15, 0.2) is 5.13 Å². The van der Waals surface area contributed by atoms with E-state index < -0.39 is 0 Å². The maximum atomic E-state index is 13.5. The monoisotopic (exact) mass is 418 g/mol. The van der Waals surface area contributed by atoms with Crippen LogP contribution in [0.5, 0.6) is 11.5 Å². The number of methoxy groups -OCH3 is 2. The lowest BCUT2D eigenvalue weighted by molar-refractivity contribution is 0.0985. The number of anilines is 1. The summed E-state index contributed by atoms with van der Waals surface area (Å²) < 4.78 is 11.8. The molecule has 0 radical (unpaired) electrons. The Kier molecular flexibility index (Phi) is 5.68. The summed E-state index contributed by atoms with van der Waals surface area (Å²) in [6, 6.07) is 21.2. The average Bonchev–Trinajstić information content (AvgIpc) is 3.22. The number of thiazole rings is 1. The van der Waals surface area contributed by atoms with Gasteiger partial charge >= 0.3 is 0 Å². The fraction of sp³-hybridized carbons (Fsp3) is 0.167. The molecule has 0 aliphatic heterocycles. The number of benzene rings is 3. The molecular weight excluding hydrogens is 396 g/mol. The number of fused-ring (bicyclic) bond motifs is 1. The first kappa shape index (κ1) is 19.9. The molecule has 4 aromatic rings. The van der Waals surface area contributed by atoms with Gasteiger partial charge in [0.2, 0.25) is 0 Å². The molecular formula is C24H22N2O3S. The minimum absolute atomic E-state index is 0.0976. The maximum Gasteiger partial charge on any atom is 0.260 e. The smallest absolute Gasteiger partial charge is 0.260 e. The highest BCUT2D eigenvalue weighted by atomic mass is 32.1. The number of aromatic nitrogens is 1. The number of hydrogen-bond acceptors (Lipinski definition) is 5. The first-order chi connectivity index (χ1) is 14.6. The van der Waals surface area contributed by atoms with Crippen molar-refractivity contribution in [2.24, 2.45) is 0 Å². The number of hydrogen-bond donors (Lipinski definition) is 0. The van der Waals surface area contributed by atoms with Crippen LogP contribution >= 0.6 is 11.3 Å². The van der Waals surface area contributed by atoms with E-state index in [1.165, 1.54) is 11.3 Å². The van der Waals surface area contributed by atoms with Gasteiger partial charge < -0.3 is 9.47 Å². The molecule has 30 heavy (non-hydrogen) atoms. The Morgan fingerprint density at radius 3 is 2.40 bits per heavy atom. The fourth-order valence-electron chi connectivity index (χ4n) is 3.32. The molecule has 0 N–H and O–H groups in total. The summed E-state index contributed by atoms with van der Waals surface area (Å²) in [4.78, 5) is 20.0. The summed E-state index contributed by atoms with van der Waals surface area (Å²) in [5.41, 5.74) is 3.38. The summed E-state index contributed by atoms with van der Waals surface area (Å²) in [5.74, 6) is 1.26. The van der Waals surface area contributed by atoms with Crippen molar-refractivity contribution in [2.75, 3.05) is 19.1 Å². The van der Waals surface area contributed by atoms with Crippen LogP contribution in [-0.4, -0.2) is 25.1 Å². The highest BCUT2D eigenvalue weighted by molar-refractivity contribution is 7.22. The van der Waals surface area contributed by atoms with Crippen molar-refractivity contribution in [2.45, 2.75) is 13.5 Å². The Balaban J connectivity index is 1.84. The molecule has 0 fully saturated rings. The molecule has 0 saturated heterocycles. The third kappa shape index (κ3) is 3.86. The molecule has 3 aromatic carbocycles. The number of amides is 1. The van der Waals surface area contributed by atoms with Gasteiger partial charge in [0.1, 0.15) is 21.7 Å². The molecule has 0 saturated carbocycles. The van der Waals surface area contributed by atoms with Gasteiger partial charge in [-0.05, 0) is 36.8 Å². The number of ether oxygens (including phenoxy) is 2. The van der Waals surface area contributed by atoms with E-state index >= 15 is 0 Å². The molecule has 152 valence electrons. The molecule has 5 nitrogen and oxygen atoms in total. The molecule has 4 rings (SSSR count). The number of rotatable bonds is 6. The SMILES string of the molecule is COc1ccc(OC)c2sc(N(Cc3ccccc3)C(=O)c3cccc(C)c3)nc12. The largest absolute Gasteiger partial charge is 0.495 e. The second-order valence-electron chi connectivity index (χ2n) is 6.89. The molecule has 0 unspecified atom stereocenters. The topological polar surface area (TPSA) is 51.7 Å². The molecule has 0 aliphatic carbocycles. The predicted molar refractivity (Wildman–Crippen MR) is 121 cm³/mol. The summed E-state index contributed by atoms with van der Waals surface area (Å²) in [5, 5.41) is 0.600. The van der Waals surface area contributed by atoms with Crippen molar-refractivity contribution < 1.29 is 14.3 Å². The zero-order chi connectivity index (χ0) is 21.1. The third-order valence-corrected chi connectivity index (χ3v) is 5.92. The Morgan fingerprint density at radius 1 is 0.967 bits per heavy atom. The van der Waals surface area contributed by atoms with Crippen molar-refractivity contribution in [3.8, 4) is 11.5 Å². The number of carbonyl (C=O) groups is 1. The molecule has 1 heterocycles. The van der Waals surface area contributed by atoms with Gasteiger partial charge in [-0.15, -0.1) is 0 Å². The van der Waals surface area contributed by atoms with Crippen LogP contribution in [-0.2, 0) is 6.54 Å². The molecule has 0 bridgehead atoms. The van der Waals surface area contributed by atoms with Crippen LogP contribution in [0, 0.1) is 6.92 Å². The van der Waals surface area contributed by atoms with Crippen molar-refractivity contribution in [3.63, 3.8) is 0 Å². The molecule has 0 spiro atoms. The van der Waals surface area contributed by atoms with Crippen LogP contribution in [0.15, 0.2) is 66.7 Å². The van der Waals surface area contributed by atoms with E-state index in [1.807, 2.05) is 73.7 Å². The summed E-state index contributed by atoms with van der Waals surface area (Å²) in [7, 11) is 3.24. The van der Waals surface area contributed by atoms with E-state index in [9.17, 15) is 4.79 Å². The van der Waals surface area contributed by atoms with Crippen LogP contribution in [0.25, 0.3) is 10.2 Å². The molecule has 1 aromatic heterocycles. The van der Waals surface area contributed by atoms with Gasteiger partial charge in [-0.2, -0.15) is 0 Å². The normalized spacial score (nSPS) is 10.8. The average molecular weight is 419 g/mol. The van der Waals surface area contributed by atoms with E-state index in [2.05, 4.69) is 0 Å². The first-order valence-corrected chi connectivity index (χ1v) is 10.4. The van der Waals surface area contributed by atoms with Crippen molar-refractivity contribution in [3.05, 3.63) is 83.4 Å². The van der Waals surface area contributed by atoms with Gasteiger partial charge in [0, 0.05) is 5.56 Å². The second kappa shape index (κ2) is 8.55. The van der Waals surface area contributed by atoms with E-state index in [0.29, 0.717) is 34.3 Å². The van der Waals surface area contributed by atoms with Gasteiger partial charge in [-0.1, -0.05) is 59.4 Å². The summed E-state index contributed by atoms with van der Waals surface area (Å²) >= 11 is 1.42. The Bertz CT molecular complexity index is 1150. The maximum absolute atomic E-state index is 13.5. The van der Waals surface area contributed by atoms with Crippen molar-refractivity contribution >= 4 is 32.6 Å². The summed E-state index contributed by atoms with van der Waals surface area (Å²) in [6.45, 7) is 2.39. The zero-order valence-corrected chi connectivity index (χ0v) is 17.9. The molecule has 6 heteroatoms. The van der Waals surface area contributed by atoms with Crippen molar-refractivity contribution in [1.82, 2.24) is 4.98 Å². The number of aryl methyl sites for hydroxylation is 1. The fourth-order valence-corrected chi connectivity index (χ4v) is 4.39. The summed E-state index contributed by atoms with van der Waals surface area (Å²) in [6.07, 6.45) is 0. The van der Waals surface area contributed by atoms with Crippen LogP contribution < -0.4 is 14.4 Å². The number of carbonyl (C=O) groups excluding carboxylic acids is 1. The third-order valence-electron chi connectivity index (χ3n) is 4.82. The zero-order valence-electron chi connectivity index (χ0n) is 17.1. The van der Waals surface area contributed by atoms with Gasteiger partial charge in [0.25, 0.3) is 5.91 Å². The minimum atomic E-state index is -0.0976.